The SMILES string of the molecule is CCCNC(=O)[C@H]1[C@H]2C(=O)N(CCCCCCO)C(C(=O)NC(C)C)C23CC(Br)[C@@H]1S3. The van der Waals surface area contributed by atoms with Crippen LogP contribution in [0.5, 0.6) is 0 Å². The van der Waals surface area contributed by atoms with E-state index in [0.29, 0.717) is 19.5 Å². The second-order valence-corrected chi connectivity index (χ2v) is 12.0. The Kier molecular flexibility index (Phi) is 8.35. The molecule has 0 aromatic carbocycles. The van der Waals surface area contributed by atoms with E-state index in [-0.39, 0.29) is 40.4 Å². The number of halogens is 1. The lowest BCUT2D eigenvalue weighted by molar-refractivity contribution is -0.140. The summed E-state index contributed by atoms with van der Waals surface area (Å²) in [5, 5.41) is 15.0. The zero-order valence-corrected chi connectivity index (χ0v) is 21.1. The van der Waals surface area contributed by atoms with Crippen molar-refractivity contribution in [2.45, 2.75) is 86.2 Å². The maximum Gasteiger partial charge on any atom is 0.244 e. The summed E-state index contributed by atoms with van der Waals surface area (Å²) in [5.41, 5.74) is 0. The van der Waals surface area contributed by atoms with E-state index < -0.39 is 22.6 Å². The van der Waals surface area contributed by atoms with Crippen LogP contribution in [0, 0.1) is 11.8 Å². The van der Waals surface area contributed by atoms with E-state index in [1.807, 2.05) is 20.8 Å². The van der Waals surface area contributed by atoms with Gasteiger partial charge in [-0.2, -0.15) is 0 Å². The number of carbonyl (C=O) groups excluding carboxylic acids is 3. The first-order chi connectivity index (χ1) is 14.8. The van der Waals surface area contributed by atoms with Gasteiger partial charge in [-0.15, -0.1) is 11.8 Å². The molecule has 0 radical (unpaired) electrons. The van der Waals surface area contributed by atoms with Gasteiger partial charge in [0, 0.05) is 35.8 Å². The van der Waals surface area contributed by atoms with Gasteiger partial charge in [0.25, 0.3) is 0 Å². The van der Waals surface area contributed by atoms with E-state index in [1.54, 1.807) is 16.7 Å². The minimum Gasteiger partial charge on any atom is -0.396 e. The molecule has 31 heavy (non-hydrogen) atoms. The summed E-state index contributed by atoms with van der Waals surface area (Å²) in [7, 11) is 0. The molecule has 9 heteroatoms. The van der Waals surface area contributed by atoms with Gasteiger partial charge in [0.05, 0.1) is 16.6 Å². The van der Waals surface area contributed by atoms with Gasteiger partial charge in [0.2, 0.25) is 17.7 Å². The Labute approximate surface area is 198 Å². The number of nitrogens with one attached hydrogen (secondary N) is 2. The number of nitrogens with zero attached hydrogens (tertiary/aromatic N) is 1. The monoisotopic (exact) mass is 517 g/mol. The normalized spacial score (nSPS) is 33.8. The van der Waals surface area contributed by atoms with Crippen molar-refractivity contribution in [2.24, 2.45) is 11.8 Å². The minimum atomic E-state index is -0.561. The van der Waals surface area contributed by atoms with Gasteiger partial charge in [-0.1, -0.05) is 35.7 Å². The van der Waals surface area contributed by atoms with Gasteiger partial charge < -0.3 is 20.6 Å². The maximum absolute atomic E-state index is 13.7. The smallest absolute Gasteiger partial charge is 0.244 e. The van der Waals surface area contributed by atoms with Gasteiger partial charge in [0.1, 0.15) is 6.04 Å². The fourth-order valence-electron chi connectivity index (χ4n) is 5.45. The average Bonchev–Trinajstić information content (AvgIpc) is 3.29. The maximum atomic E-state index is 13.7. The molecule has 7 nitrogen and oxygen atoms in total. The number of hydrogen-bond donors (Lipinski definition) is 3. The standard InChI is InChI=1S/C22H36BrN3O4S/c1-4-9-24-19(28)15-16-21(30)26(10-7-5-6-8-11-27)18(20(29)25-13(2)3)22(16)12-14(23)17(15)31-22/h13-18,27H,4-12H2,1-3H3,(H,24,28)(H,25,29)/t14?,15-,16-,17-,18?,22?/m0/s1. The van der Waals surface area contributed by atoms with Crippen molar-refractivity contribution in [3.05, 3.63) is 0 Å². The van der Waals surface area contributed by atoms with Crippen molar-refractivity contribution in [1.82, 2.24) is 15.5 Å². The summed E-state index contributed by atoms with van der Waals surface area (Å²) in [6.07, 6.45) is 4.90. The second-order valence-electron chi connectivity index (χ2n) is 9.29. The predicted octanol–water partition coefficient (Wildman–Crippen LogP) is 2.05. The Hall–Kier alpha value is -0.800. The number of alkyl halides is 1. The highest BCUT2D eigenvalue weighted by atomic mass is 79.9. The molecule has 0 aromatic heterocycles. The van der Waals surface area contributed by atoms with E-state index in [0.717, 1.165) is 32.1 Å². The van der Waals surface area contributed by atoms with Crippen molar-refractivity contribution in [2.75, 3.05) is 19.7 Å². The minimum absolute atomic E-state index is 0.00635. The van der Waals surface area contributed by atoms with Crippen LogP contribution in [-0.4, -0.2) is 74.3 Å². The van der Waals surface area contributed by atoms with Crippen molar-refractivity contribution in [3.8, 4) is 0 Å². The first-order valence-corrected chi connectivity index (χ1v) is 13.4. The Morgan fingerprint density at radius 2 is 1.97 bits per heavy atom. The Morgan fingerprint density at radius 3 is 2.61 bits per heavy atom. The molecule has 3 saturated heterocycles. The van der Waals surface area contributed by atoms with Crippen LogP contribution in [0.15, 0.2) is 0 Å². The van der Waals surface area contributed by atoms with Gasteiger partial charge >= 0.3 is 0 Å². The highest BCUT2D eigenvalue weighted by molar-refractivity contribution is 9.09. The number of hydrogen-bond acceptors (Lipinski definition) is 5. The summed E-state index contributed by atoms with van der Waals surface area (Å²) in [5.74, 6) is -1.07. The van der Waals surface area contributed by atoms with Crippen LogP contribution in [0.25, 0.3) is 0 Å². The van der Waals surface area contributed by atoms with E-state index in [4.69, 9.17) is 5.11 Å². The Bertz CT molecular complexity index is 694. The molecular formula is C22H36BrN3O4S. The van der Waals surface area contributed by atoms with E-state index in [9.17, 15) is 14.4 Å². The molecule has 0 saturated carbocycles. The predicted molar refractivity (Wildman–Crippen MR) is 126 cm³/mol. The molecule has 2 bridgehead atoms. The van der Waals surface area contributed by atoms with Crippen LogP contribution in [0.1, 0.15) is 59.3 Å². The van der Waals surface area contributed by atoms with Gasteiger partial charge in [-0.25, -0.2) is 0 Å². The number of carbonyl (C=O) groups is 3. The molecule has 3 heterocycles. The summed E-state index contributed by atoms with van der Waals surface area (Å²) in [6.45, 7) is 7.15. The van der Waals surface area contributed by atoms with Crippen molar-refractivity contribution < 1.29 is 19.5 Å². The third-order valence-corrected chi connectivity index (χ3v) is 9.85. The van der Waals surface area contributed by atoms with E-state index >= 15 is 0 Å². The molecule has 0 aromatic rings. The summed E-state index contributed by atoms with van der Waals surface area (Å²) in [6, 6.07) is -0.569. The van der Waals surface area contributed by atoms with Gasteiger partial charge in [0.15, 0.2) is 0 Å². The first kappa shape index (κ1) is 24.8. The van der Waals surface area contributed by atoms with Crippen LogP contribution in [0.3, 0.4) is 0 Å². The number of rotatable bonds is 11. The molecule has 3 fully saturated rings. The van der Waals surface area contributed by atoms with Crippen molar-refractivity contribution in [1.29, 1.82) is 0 Å². The third kappa shape index (κ3) is 4.64. The molecule has 3 unspecified atom stereocenters. The highest BCUT2D eigenvalue weighted by Crippen LogP contribution is 2.67. The summed E-state index contributed by atoms with van der Waals surface area (Å²) in [4.78, 5) is 42.0. The highest BCUT2D eigenvalue weighted by Gasteiger charge is 2.75. The van der Waals surface area contributed by atoms with Crippen LogP contribution >= 0.6 is 27.7 Å². The molecule has 3 N–H and O–H groups in total. The summed E-state index contributed by atoms with van der Waals surface area (Å²) < 4.78 is -0.561. The van der Waals surface area contributed by atoms with Crippen LogP contribution in [0.4, 0.5) is 0 Å². The molecule has 0 aliphatic carbocycles. The fraction of sp³-hybridized carbons (Fsp3) is 0.864. The van der Waals surface area contributed by atoms with Gasteiger partial charge in [-0.3, -0.25) is 14.4 Å². The second kappa shape index (κ2) is 10.4. The van der Waals surface area contributed by atoms with Crippen LogP contribution in [-0.2, 0) is 14.4 Å². The van der Waals surface area contributed by atoms with Crippen molar-refractivity contribution >= 4 is 45.4 Å². The Balaban J connectivity index is 1.88. The summed E-state index contributed by atoms with van der Waals surface area (Å²) >= 11 is 5.45. The molecule has 3 aliphatic heterocycles. The molecule has 3 aliphatic rings. The third-order valence-electron chi connectivity index (χ3n) is 6.63. The number of unbranched alkanes of at least 4 members (excludes halogenated alkanes) is 3. The molecular weight excluding hydrogens is 482 g/mol. The lowest BCUT2D eigenvalue weighted by atomic mass is 9.70. The topological polar surface area (TPSA) is 98.7 Å². The number of aliphatic hydroxyl groups excluding tert-OH is 1. The lowest BCUT2D eigenvalue weighted by Crippen LogP contribution is -2.55. The average molecular weight is 519 g/mol. The molecule has 3 amide bonds. The van der Waals surface area contributed by atoms with Crippen molar-refractivity contribution in [3.63, 3.8) is 0 Å². The lowest BCUT2D eigenvalue weighted by Gasteiger charge is -2.35. The zero-order chi connectivity index (χ0) is 22.8. The number of thioether (sulfide) groups is 1. The van der Waals surface area contributed by atoms with Crippen LogP contribution < -0.4 is 10.6 Å². The number of fused-ring (bicyclic) bond motifs is 1. The zero-order valence-electron chi connectivity index (χ0n) is 18.7. The largest absolute Gasteiger partial charge is 0.396 e. The van der Waals surface area contributed by atoms with Crippen LogP contribution in [0.2, 0.25) is 0 Å². The molecule has 3 rings (SSSR count). The first-order valence-electron chi connectivity index (χ1n) is 11.6. The number of amides is 3. The number of likely N-dealkylation sites (tertiary alicyclic amines) is 1. The van der Waals surface area contributed by atoms with E-state index in [1.165, 1.54) is 0 Å². The molecule has 6 atom stereocenters. The number of aliphatic hydroxyl groups is 1. The fourth-order valence-corrected chi connectivity index (χ4v) is 9.06. The van der Waals surface area contributed by atoms with E-state index in [2.05, 4.69) is 26.6 Å². The molecule has 176 valence electrons. The Morgan fingerprint density at radius 1 is 1.26 bits per heavy atom. The van der Waals surface area contributed by atoms with Gasteiger partial charge in [-0.05, 0) is 39.5 Å². The molecule has 1 spiro atoms. The quantitative estimate of drug-likeness (QED) is 0.287.